The first-order valence-electron chi connectivity index (χ1n) is 11.4. The van der Waals surface area contributed by atoms with Gasteiger partial charge in [-0.3, -0.25) is 0 Å². The average Bonchev–Trinajstić information content (AvgIpc) is 3.13. The molecule has 1 aliphatic heterocycles. The van der Waals surface area contributed by atoms with Crippen LogP contribution in [-0.4, -0.2) is 41.7 Å². The van der Waals surface area contributed by atoms with Gasteiger partial charge in [-0.15, -0.1) is 0 Å². The van der Waals surface area contributed by atoms with Gasteiger partial charge in [0.2, 0.25) is 0 Å². The number of fused-ring (bicyclic) bond motifs is 5. The van der Waals surface area contributed by atoms with Crippen molar-refractivity contribution in [2.45, 2.75) is 19.6 Å². The molecule has 3 aromatic carbocycles. The molecule has 4 aromatic rings. The van der Waals surface area contributed by atoms with Crippen molar-refractivity contribution in [3.05, 3.63) is 90.3 Å². The molecule has 0 spiro atoms. The molecule has 5 nitrogen and oxygen atoms in total. The van der Waals surface area contributed by atoms with Crippen molar-refractivity contribution < 1.29 is 9.47 Å². The third-order valence-electron chi connectivity index (χ3n) is 5.93. The summed E-state index contributed by atoms with van der Waals surface area (Å²) in [6.07, 6.45) is 0.916. The Morgan fingerprint density at radius 3 is 2.27 bits per heavy atom. The van der Waals surface area contributed by atoms with Gasteiger partial charge in [-0.1, -0.05) is 54.6 Å². The van der Waals surface area contributed by atoms with Gasteiger partial charge in [0.15, 0.2) is 0 Å². The number of nitrogens with zero attached hydrogens (tertiary/aromatic N) is 3. The van der Waals surface area contributed by atoms with Gasteiger partial charge in [0.1, 0.15) is 29.6 Å². The number of imidazole rings is 1. The van der Waals surface area contributed by atoms with E-state index in [1.807, 2.05) is 30.3 Å². The molecular formula is C28H29N3O2. The summed E-state index contributed by atoms with van der Waals surface area (Å²) in [6, 6.07) is 27.0. The number of aromatic nitrogens is 2. The van der Waals surface area contributed by atoms with Crippen LogP contribution in [0.3, 0.4) is 0 Å². The SMILES string of the molecule is CN(C)CCOCc1nc2c(n1CCc1ccccc1)-c1ccccc1Oc1ccccc1-2. The summed E-state index contributed by atoms with van der Waals surface area (Å²) in [7, 11) is 4.11. The maximum Gasteiger partial charge on any atom is 0.136 e. The topological polar surface area (TPSA) is 39.5 Å². The Morgan fingerprint density at radius 2 is 1.52 bits per heavy atom. The maximum absolute atomic E-state index is 6.34. The Labute approximate surface area is 195 Å². The van der Waals surface area contributed by atoms with Crippen LogP contribution >= 0.6 is 0 Å². The summed E-state index contributed by atoms with van der Waals surface area (Å²) in [5.41, 5.74) is 5.42. The van der Waals surface area contributed by atoms with Crippen LogP contribution in [-0.2, 0) is 24.3 Å². The number of hydrogen-bond donors (Lipinski definition) is 0. The van der Waals surface area contributed by atoms with Crippen LogP contribution < -0.4 is 4.74 Å². The van der Waals surface area contributed by atoms with Crippen molar-refractivity contribution in [2.24, 2.45) is 0 Å². The molecule has 2 heterocycles. The third-order valence-corrected chi connectivity index (χ3v) is 5.93. The Balaban J connectivity index is 1.59. The smallest absolute Gasteiger partial charge is 0.136 e. The van der Waals surface area contributed by atoms with Crippen LogP contribution in [0.5, 0.6) is 11.5 Å². The molecule has 33 heavy (non-hydrogen) atoms. The molecule has 168 valence electrons. The van der Waals surface area contributed by atoms with Crippen LogP contribution in [0.25, 0.3) is 22.5 Å². The maximum atomic E-state index is 6.34. The highest BCUT2D eigenvalue weighted by Crippen LogP contribution is 2.46. The number of ether oxygens (including phenoxy) is 2. The molecule has 0 saturated carbocycles. The van der Waals surface area contributed by atoms with Gasteiger partial charge >= 0.3 is 0 Å². The second-order valence-corrected chi connectivity index (χ2v) is 8.56. The minimum absolute atomic E-state index is 0.473. The predicted molar refractivity (Wildman–Crippen MR) is 132 cm³/mol. The molecule has 1 aliphatic rings. The number of aryl methyl sites for hydroxylation is 1. The van der Waals surface area contributed by atoms with E-state index < -0.39 is 0 Å². The quantitative estimate of drug-likeness (QED) is 0.293. The van der Waals surface area contributed by atoms with E-state index in [2.05, 4.69) is 72.1 Å². The standard InChI is InChI=1S/C28H29N3O2/c1-30(2)18-19-32-20-26-29-27-22-12-6-8-14-24(22)33-25-15-9-7-13-23(25)28(27)31(26)17-16-21-10-4-3-5-11-21/h3-15H,16-20H2,1-2H3. The Bertz CT molecular complexity index is 1230. The van der Waals surface area contributed by atoms with E-state index in [9.17, 15) is 0 Å². The van der Waals surface area contributed by atoms with Gasteiger partial charge in [0.05, 0.1) is 12.3 Å². The average molecular weight is 440 g/mol. The number of rotatable bonds is 8. The van der Waals surface area contributed by atoms with E-state index in [1.165, 1.54) is 5.56 Å². The fourth-order valence-electron chi connectivity index (χ4n) is 4.23. The molecule has 0 atom stereocenters. The monoisotopic (exact) mass is 439 g/mol. The molecule has 0 aliphatic carbocycles. The lowest BCUT2D eigenvalue weighted by Crippen LogP contribution is -2.18. The van der Waals surface area contributed by atoms with Crippen LogP contribution in [0, 0.1) is 0 Å². The van der Waals surface area contributed by atoms with E-state index in [0.29, 0.717) is 13.2 Å². The van der Waals surface area contributed by atoms with Crippen molar-refractivity contribution in [3.63, 3.8) is 0 Å². The minimum Gasteiger partial charge on any atom is -0.456 e. The van der Waals surface area contributed by atoms with Gasteiger partial charge in [-0.25, -0.2) is 4.98 Å². The normalized spacial score (nSPS) is 12.0. The summed E-state index contributed by atoms with van der Waals surface area (Å²) in [5.74, 6) is 2.63. The van der Waals surface area contributed by atoms with E-state index >= 15 is 0 Å². The lowest BCUT2D eigenvalue weighted by molar-refractivity contribution is 0.0985. The van der Waals surface area contributed by atoms with E-state index in [-0.39, 0.29) is 0 Å². The predicted octanol–water partition coefficient (Wildman–Crippen LogP) is 5.64. The van der Waals surface area contributed by atoms with Gasteiger partial charge in [0.25, 0.3) is 0 Å². The molecule has 1 aromatic heterocycles. The van der Waals surface area contributed by atoms with Crippen molar-refractivity contribution >= 4 is 0 Å². The fraction of sp³-hybridized carbons (Fsp3) is 0.250. The second-order valence-electron chi connectivity index (χ2n) is 8.56. The minimum atomic E-state index is 0.473. The molecule has 0 fully saturated rings. The van der Waals surface area contributed by atoms with Crippen molar-refractivity contribution in [2.75, 3.05) is 27.2 Å². The zero-order valence-corrected chi connectivity index (χ0v) is 19.2. The first-order chi connectivity index (χ1) is 16.2. The highest BCUT2D eigenvalue weighted by Gasteiger charge is 2.27. The molecule has 0 bridgehead atoms. The van der Waals surface area contributed by atoms with Gasteiger partial charge < -0.3 is 18.9 Å². The largest absolute Gasteiger partial charge is 0.456 e. The number of para-hydroxylation sites is 2. The summed E-state index contributed by atoms with van der Waals surface area (Å²) in [4.78, 5) is 7.25. The van der Waals surface area contributed by atoms with Crippen LogP contribution in [0.15, 0.2) is 78.9 Å². The van der Waals surface area contributed by atoms with Gasteiger partial charge in [-0.05, 0) is 50.3 Å². The summed E-state index contributed by atoms with van der Waals surface area (Å²) < 4.78 is 14.7. The summed E-state index contributed by atoms with van der Waals surface area (Å²) in [5, 5.41) is 0. The molecule has 0 unspecified atom stereocenters. The second kappa shape index (κ2) is 9.61. The Hall–Kier alpha value is -3.41. The molecule has 0 N–H and O–H groups in total. The molecule has 5 rings (SSSR count). The lowest BCUT2D eigenvalue weighted by atomic mass is 10.0. The van der Waals surface area contributed by atoms with Crippen molar-refractivity contribution in [3.8, 4) is 34.0 Å². The number of likely N-dealkylation sites (N-methyl/N-ethyl adjacent to an activating group) is 1. The first kappa shape index (κ1) is 21.4. The molecule has 0 saturated heterocycles. The molecule has 0 amide bonds. The van der Waals surface area contributed by atoms with Crippen molar-refractivity contribution in [1.29, 1.82) is 0 Å². The van der Waals surface area contributed by atoms with E-state index in [4.69, 9.17) is 14.5 Å². The zero-order chi connectivity index (χ0) is 22.6. The van der Waals surface area contributed by atoms with Gasteiger partial charge in [-0.2, -0.15) is 0 Å². The Morgan fingerprint density at radius 1 is 0.848 bits per heavy atom. The number of hydrogen-bond acceptors (Lipinski definition) is 4. The summed E-state index contributed by atoms with van der Waals surface area (Å²) >= 11 is 0. The Kier molecular flexibility index (Phi) is 6.24. The van der Waals surface area contributed by atoms with Gasteiger partial charge in [0, 0.05) is 24.2 Å². The summed E-state index contributed by atoms with van der Waals surface area (Å²) in [6.45, 7) is 2.83. The highest BCUT2D eigenvalue weighted by atomic mass is 16.5. The molecule has 5 heteroatoms. The van der Waals surface area contributed by atoms with Crippen LogP contribution in [0.2, 0.25) is 0 Å². The molecule has 0 radical (unpaired) electrons. The van der Waals surface area contributed by atoms with Crippen LogP contribution in [0.1, 0.15) is 11.4 Å². The lowest BCUT2D eigenvalue weighted by Gasteiger charge is -2.15. The third kappa shape index (κ3) is 4.56. The first-order valence-corrected chi connectivity index (χ1v) is 11.4. The van der Waals surface area contributed by atoms with Crippen molar-refractivity contribution in [1.82, 2.24) is 14.5 Å². The fourth-order valence-corrected chi connectivity index (χ4v) is 4.23. The zero-order valence-electron chi connectivity index (χ0n) is 19.2. The van der Waals surface area contributed by atoms with E-state index in [0.717, 1.165) is 59.3 Å². The molecular weight excluding hydrogens is 410 g/mol. The van der Waals surface area contributed by atoms with Crippen LogP contribution in [0.4, 0.5) is 0 Å². The highest BCUT2D eigenvalue weighted by molar-refractivity contribution is 5.87. The number of benzene rings is 3. The van der Waals surface area contributed by atoms with E-state index in [1.54, 1.807) is 0 Å².